The molecule has 0 aliphatic carbocycles. The second-order valence-corrected chi connectivity index (χ2v) is 35.6. The molecule has 0 aromatic heterocycles. The second kappa shape index (κ2) is 15.4. The van der Waals surface area contributed by atoms with Crippen LogP contribution in [0.1, 0.15) is 39.5 Å². The summed E-state index contributed by atoms with van der Waals surface area (Å²) >= 11 is -2.81. The molecule has 164 valence electrons. The third kappa shape index (κ3) is 22.7. The van der Waals surface area contributed by atoms with E-state index in [1.165, 1.54) is 0 Å². The summed E-state index contributed by atoms with van der Waals surface area (Å²) in [4.78, 5) is 0. The zero-order valence-corrected chi connectivity index (χ0v) is 22.0. The van der Waals surface area contributed by atoms with Gasteiger partial charge in [-0.1, -0.05) is 0 Å². The quantitative estimate of drug-likeness (QED) is 0.0891. The van der Waals surface area contributed by atoms with Crippen LogP contribution in [0.2, 0.25) is 8.87 Å². The van der Waals surface area contributed by atoms with Crippen LogP contribution in [0.4, 0.5) is 0 Å². The van der Waals surface area contributed by atoms with Gasteiger partial charge in [-0.05, 0) is 0 Å². The molecular weight excluding hydrogens is 541 g/mol. The van der Waals surface area contributed by atoms with Crippen molar-refractivity contribution in [2.45, 2.75) is 48.4 Å². The molecule has 0 bridgehead atoms. The van der Waals surface area contributed by atoms with Crippen LogP contribution in [0.5, 0.6) is 0 Å². The van der Waals surface area contributed by atoms with Gasteiger partial charge in [0.25, 0.3) is 0 Å². The van der Waals surface area contributed by atoms with E-state index in [2.05, 4.69) is 25.3 Å². The Bertz CT molecular complexity index is 564. The first-order valence-corrected chi connectivity index (χ1v) is 24.8. The fraction of sp³-hybridized carbons (Fsp3) is 0.923. The summed E-state index contributed by atoms with van der Waals surface area (Å²) < 4.78 is 63.7. The van der Waals surface area contributed by atoms with Gasteiger partial charge in [-0.15, -0.1) is 0 Å². The molecule has 0 rings (SSSR count). The Labute approximate surface area is 173 Å². The van der Waals surface area contributed by atoms with Crippen LogP contribution >= 0.6 is 17.9 Å². The molecule has 0 atom stereocenters. The van der Waals surface area contributed by atoms with Gasteiger partial charge in [-0.25, -0.2) is 0 Å². The van der Waals surface area contributed by atoms with Gasteiger partial charge in [-0.3, -0.25) is 5.41 Å². The van der Waals surface area contributed by atoms with Crippen molar-refractivity contribution >= 4 is 59.7 Å². The summed E-state index contributed by atoms with van der Waals surface area (Å²) in [6.45, 7) is 4.20. The normalized spacial score (nSPS) is 12.3. The summed E-state index contributed by atoms with van der Waals surface area (Å²) in [5, 5.41) is 6.06. The minimum atomic E-state index is -3.96. The van der Waals surface area contributed by atoms with Gasteiger partial charge in [0.1, 0.15) is 0 Å². The third-order valence-electron chi connectivity index (χ3n) is 3.24. The molecule has 0 radical (unpaired) electrons. The monoisotopic (exact) mass is 575 g/mol. The van der Waals surface area contributed by atoms with Crippen LogP contribution in [-0.2, 0) is 20.2 Å². The predicted octanol–water partition coefficient (Wildman–Crippen LogP) is 2.11. The molecule has 27 heavy (non-hydrogen) atoms. The topological polar surface area (TPSA) is 185 Å². The molecule has 0 saturated heterocycles. The number of hydrogen-bond acceptors (Lipinski definition) is 7. The Morgan fingerprint density at radius 3 is 1.41 bits per heavy atom. The zero-order chi connectivity index (χ0) is 21.6. The third-order valence-corrected chi connectivity index (χ3v) is 36.2. The predicted molar refractivity (Wildman–Crippen MR) is 119 cm³/mol. The Balaban J connectivity index is 0. The van der Waals surface area contributed by atoms with Crippen molar-refractivity contribution in [2.24, 2.45) is 11.5 Å². The first-order valence-electron chi connectivity index (χ1n) is 8.54. The van der Waals surface area contributed by atoms with Crippen molar-refractivity contribution in [1.29, 1.82) is 5.41 Å². The molecule has 7 N–H and O–H groups in total. The fourth-order valence-electron chi connectivity index (χ4n) is 2.01. The maximum Gasteiger partial charge on any atom is 0.183 e. The van der Waals surface area contributed by atoms with Gasteiger partial charge in [0.05, 0.1) is 0 Å². The second-order valence-electron chi connectivity index (χ2n) is 5.84. The van der Waals surface area contributed by atoms with Crippen molar-refractivity contribution in [2.75, 3.05) is 23.0 Å². The Hall–Kier alpha value is 0.589. The first kappa shape index (κ1) is 29.8. The number of hydrogen-bond donors (Lipinski definition) is 5. The average molecular weight is 574 g/mol. The standard InChI is InChI=1S/2C4H9.2C2H6O3S2.CH5N3.Sn/c2*1-3-4-2;2*3-7(4,5)2-1-6;2-1(3)4;/h2*1,3-4H2,2H3;2*6H,1-2H2,(H,3,4,5);(H5,2,3,4);/q;;;;;+2/p-2. The van der Waals surface area contributed by atoms with Gasteiger partial charge < -0.3 is 11.5 Å². The van der Waals surface area contributed by atoms with Crippen molar-refractivity contribution in [3.63, 3.8) is 0 Å². The number of guanidine groups is 1. The van der Waals surface area contributed by atoms with Gasteiger partial charge in [0.15, 0.2) is 5.96 Å². The molecule has 0 heterocycles. The maximum atomic E-state index is 10.9. The smallest absolute Gasteiger partial charge is 0.183 e. The molecule has 0 aliphatic heterocycles. The fourth-order valence-corrected chi connectivity index (χ4v) is 36.8. The Morgan fingerprint density at radius 1 is 0.889 bits per heavy atom. The summed E-state index contributed by atoms with van der Waals surface area (Å²) in [6, 6.07) is 0. The molecule has 0 fully saturated rings. The average Bonchev–Trinajstić information content (AvgIpc) is 2.47. The molecular formula is C13H33N3O6S4Sn. The number of unbranched alkanes of at least 4 members (excludes halogenated alkanes) is 2. The van der Waals surface area contributed by atoms with E-state index in [0.29, 0.717) is 11.5 Å². The van der Waals surface area contributed by atoms with Crippen LogP contribution in [0, 0.1) is 5.41 Å². The molecule has 0 amide bonds. The van der Waals surface area contributed by atoms with E-state index in [0.717, 1.165) is 34.6 Å². The van der Waals surface area contributed by atoms with E-state index in [9.17, 15) is 16.8 Å². The summed E-state index contributed by atoms with van der Waals surface area (Å²) in [5.74, 6) is -0.122. The molecule has 0 saturated carbocycles. The molecule has 9 nitrogen and oxygen atoms in total. The van der Waals surface area contributed by atoms with Crippen LogP contribution < -0.4 is 11.5 Å². The molecule has 14 heteroatoms. The van der Waals surface area contributed by atoms with E-state index in [1.54, 1.807) is 17.9 Å². The van der Waals surface area contributed by atoms with E-state index in [1.807, 2.05) is 0 Å². The largest absolute Gasteiger partial charge is 0.370 e. The molecule has 0 aliphatic rings. The summed E-state index contributed by atoms with van der Waals surface area (Å²) in [6.07, 6.45) is 4.19. The van der Waals surface area contributed by atoms with Crippen molar-refractivity contribution < 1.29 is 25.9 Å². The zero-order valence-electron chi connectivity index (χ0n) is 15.9. The van der Waals surface area contributed by atoms with Crippen LogP contribution in [0.25, 0.3) is 0 Å². The minimum absolute atomic E-state index is 0.257. The summed E-state index contributed by atoms with van der Waals surface area (Å²) in [7, 11) is -4.56. The van der Waals surface area contributed by atoms with Gasteiger partial charge >= 0.3 is 151 Å². The van der Waals surface area contributed by atoms with Gasteiger partial charge in [0.2, 0.25) is 0 Å². The summed E-state index contributed by atoms with van der Waals surface area (Å²) in [5.41, 5.74) is 8.94. The number of nitrogens with two attached hydrogens (primary N) is 2. The van der Waals surface area contributed by atoms with Crippen molar-refractivity contribution in [3.8, 4) is 0 Å². The van der Waals surface area contributed by atoms with Crippen LogP contribution in [0.3, 0.4) is 0 Å². The number of nitrogens with one attached hydrogen (secondary N) is 1. The SMILES string of the molecule is CCC[CH2][Sn]([CH2]CCC)([S]CCS(=O)(=O)O)[S]CCS(=O)(=O)O.N=C(N)N. The number of rotatable bonds is 14. The maximum absolute atomic E-state index is 10.9. The Morgan fingerprint density at radius 2 is 1.19 bits per heavy atom. The van der Waals surface area contributed by atoms with E-state index in [4.69, 9.17) is 14.5 Å². The molecule has 0 aromatic carbocycles. The van der Waals surface area contributed by atoms with Crippen molar-refractivity contribution in [3.05, 3.63) is 0 Å². The van der Waals surface area contributed by atoms with Crippen molar-refractivity contribution in [1.82, 2.24) is 0 Å². The van der Waals surface area contributed by atoms with E-state index < -0.39 is 35.8 Å². The molecule has 0 spiro atoms. The first-order chi connectivity index (χ1) is 12.3. The van der Waals surface area contributed by atoms with Gasteiger partial charge in [0, 0.05) is 0 Å². The van der Waals surface area contributed by atoms with Gasteiger partial charge in [-0.2, -0.15) is 0 Å². The van der Waals surface area contributed by atoms with E-state index in [-0.39, 0.29) is 17.5 Å². The van der Waals surface area contributed by atoms with Crippen LogP contribution in [0.15, 0.2) is 0 Å². The molecule has 0 unspecified atom stereocenters. The van der Waals surface area contributed by atoms with E-state index >= 15 is 0 Å². The Kier molecular flexibility index (Phi) is 17.0. The molecule has 0 aromatic rings. The van der Waals surface area contributed by atoms with Crippen LogP contribution in [-0.4, -0.2) is 70.5 Å². The minimum Gasteiger partial charge on any atom is -0.370 e.